The Hall–Kier alpha value is -3.39. The maximum Gasteiger partial charge on any atom is 0.416 e. The smallest absolute Gasteiger partial charge is 0.416 e. The lowest BCUT2D eigenvalue weighted by Gasteiger charge is -2.14. The zero-order valence-electron chi connectivity index (χ0n) is 18.6. The standard InChI is InChI=1S/C26H25F3N4O/c27-26(28,29)21-10-8-20(9-11-21)23-4-3-5-25-30-24(31-33(23)25)18-19-6-12-22(13-7-19)34-17-16-32-14-1-2-15-32/h3-13H,1-2,14-18H2. The van der Waals surface area contributed by atoms with Gasteiger partial charge in [0.2, 0.25) is 0 Å². The predicted octanol–water partition coefficient (Wildman–Crippen LogP) is 5.48. The van der Waals surface area contributed by atoms with Gasteiger partial charge < -0.3 is 4.74 Å². The van der Waals surface area contributed by atoms with Crippen molar-refractivity contribution in [1.29, 1.82) is 0 Å². The summed E-state index contributed by atoms with van der Waals surface area (Å²) in [6.45, 7) is 3.96. The summed E-state index contributed by atoms with van der Waals surface area (Å²) in [5.74, 6) is 1.48. The highest BCUT2D eigenvalue weighted by atomic mass is 19.4. The van der Waals surface area contributed by atoms with Crippen LogP contribution in [0.4, 0.5) is 13.2 Å². The number of fused-ring (bicyclic) bond motifs is 1. The van der Waals surface area contributed by atoms with Gasteiger partial charge in [-0.05, 0) is 67.9 Å². The molecule has 0 saturated carbocycles. The van der Waals surface area contributed by atoms with Gasteiger partial charge in [-0.2, -0.15) is 18.3 Å². The second-order valence-corrected chi connectivity index (χ2v) is 8.50. The van der Waals surface area contributed by atoms with Crippen molar-refractivity contribution >= 4 is 5.65 Å². The van der Waals surface area contributed by atoms with E-state index in [1.165, 1.54) is 25.0 Å². The van der Waals surface area contributed by atoms with E-state index in [2.05, 4.69) is 15.0 Å². The minimum atomic E-state index is -4.36. The molecule has 1 aliphatic heterocycles. The number of hydrogen-bond donors (Lipinski definition) is 0. The van der Waals surface area contributed by atoms with Crippen molar-refractivity contribution in [3.8, 4) is 17.0 Å². The maximum absolute atomic E-state index is 12.9. The largest absolute Gasteiger partial charge is 0.492 e. The van der Waals surface area contributed by atoms with Crippen LogP contribution in [0.15, 0.2) is 66.7 Å². The van der Waals surface area contributed by atoms with Crippen LogP contribution >= 0.6 is 0 Å². The van der Waals surface area contributed by atoms with Gasteiger partial charge in [-0.3, -0.25) is 4.90 Å². The van der Waals surface area contributed by atoms with Crippen LogP contribution in [0.25, 0.3) is 16.9 Å². The summed E-state index contributed by atoms with van der Waals surface area (Å²) in [5, 5.41) is 4.62. The second-order valence-electron chi connectivity index (χ2n) is 8.50. The minimum absolute atomic E-state index is 0.544. The number of halogens is 3. The van der Waals surface area contributed by atoms with E-state index in [0.717, 1.165) is 43.1 Å². The summed E-state index contributed by atoms with van der Waals surface area (Å²) in [6, 6.07) is 18.5. The molecular formula is C26H25F3N4O. The lowest BCUT2D eigenvalue weighted by Crippen LogP contribution is -2.25. The number of nitrogens with zero attached hydrogens (tertiary/aromatic N) is 4. The number of ether oxygens (including phenoxy) is 1. The molecule has 0 radical (unpaired) electrons. The Morgan fingerprint density at radius 1 is 0.882 bits per heavy atom. The molecule has 0 atom stereocenters. The summed E-state index contributed by atoms with van der Waals surface area (Å²) >= 11 is 0. The van der Waals surface area contributed by atoms with Crippen molar-refractivity contribution in [3.05, 3.63) is 83.7 Å². The summed E-state index contributed by atoms with van der Waals surface area (Å²) in [5.41, 5.74) is 2.36. The molecule has 1 aliphatic rings. The molecule has 1 fully saturated rings. The first-order valence-corrected chi connectivity index (χ1v) is 11.4. The summed E-state index contributed by atoms with van der Waals surface area (Å²) in [7, 11) is 0. The van der Waals surface area contributed by atoms with Gasteiger partial charge in [0.1, 0.15) is 12.4 Å². The molecule has 5 nitrogen and oxygen atoms in total. The third-order valence-electron chi connectivity index (χ3n) is 6.07. The van der Waals surface area contributed by atoms with E-state index in [4.69, 9.17) is 4.74 Å². The van der Waals surface area contributed by atoms with Gasteiger partial charge in [0.15, 0.2) is 11.5 Å². The number of hydrogen-bond acceptors (Lipinski definition) is 4. The van der Waals surface area contributed by atoms with Crippen molar-refractivity contribution < 1.29 is 17.9 Å². The third kappa shape index (κ3) is 5.07. The number of alkyl halides is 3. The highest BCUT2D eigenvalue weighted by Crippen LogP contribution is 2.31. The lowest BCUT2D eigenvalue weighted by atomic mass is 10.1. The Balaban J connectivity index is 1.27. The molecule has 0 spiro atoms. The van der Waals surface area contributed by atoms with Crippen LogP contribution < -0.4 is 4.74 Å². The van der Waals surface area contributed by atoms with Crippen LogP contribution in [0.5, 0.6) is 5.75 Å². The van der Waals surface area contributed by atoms with Crippen LogP contribution in [-0.2, 0) is 12.6 Å². The average molecular weight is 467 g/mol. The molecule has 0 aliphatic carbocycles. The molecule has 3 heterocycles. The molecule has 5 rings (SSSR count). The first-order chi connectivity index (χ1) is 16.5. The fraction of sp³-hybridized carbons (Fsp3) is 0.308. The number of likely N-dealkylation sites (tertiary alicyclic amines) is 1. The number of pyridine rings is 1. The first kappa shape index (κ1) is 22.4. The van der Waals surface area contributed by atoms with E-state index in [1.54, 1.807) is 4.52 Å². The van der Waals surface area contributed by atoms with Gasteiger partial charge in [-0.25, -0.2) is 9.50 Å². The van der Waals surface area contributed by atoms with E-state index in [1.807, 2.05) is 42.5 Å². The zero-order chi connectivity index (χ0) is 23.5. The Labute approximate surface area is 195 Å². The molecule has 2 aromatic heterocycles. The molecule has 2 aromatic carbocycles. The van der Waals surface area contributed by atoms with Gasteiger partial charge >= 0.3 is 6.18 Å². The van der Waals surface area contributed by atoms with E-state index in [-0.39, 0.29) is 0 Å². The average Bonchev–Trinajstić information content (AvgIpc) is 3.49. The monoisotopic (exact) mass is 466 g/mol. The van der Waals surface area contributed by atoms with Gasteiger partial charge in [0, 0.05) is 18.5 Å². The molecule has 0 bridgehead atoms. The van der Waals surface area contributed by atoms with Crippen molar-refractivity contribution in [2.24, 2.45) is 0 Å². The Kier molecular flexibility index (Phi) is 6.24. The van der Waals surface area contributed by atoms with E-state index >= 15 is 0 Å². The van der Waals surface area contributed by atoms with Crippen molar-refractivity contribution in [2.45, 2.75) is 25.4 Å². The topological polar surface area (TPSA) is 42.7 Å². The van der Waals surface area contributed by atoms with Gasteiger partial charge in [0.25, 0.3) is 0 Å². The molecular weight excluding hydrogens is 441 g/mol. The Morgan fingerprint density at radius 3 is 2.32 bits per heavy atom. The fourth-order valence-electron chi connectivity index (χ4n) is 4.26. The van der Waals surface area contributed by atoms with Crippen LogP contribution in [-0.4, -0.2) is 45.7 Å². The van der Waals surface area contributed by atoms with E-state index < -0.39 is 11.7 Å². The van der Waals surface area contributed by atoms with E-state index in [0.29, 0.717) is 35.8 Å². The highest BCUT2D eigenvalue weighted by Gasteiger charge is 2.30. The summed E-state index contributed by atoms with van der Waals surface area (Å²) in [6.07, 6.45) is -1.27. The summed E-state index contributed by atoms with van der Waals surface area (Å²) < 4.78 is 46.2. The molecule has 34 heavy (non-hydrogen) atoms. The minimum Gasteiger partial charge on any atom is -0.492 e. The quantitative estimate of drug-likeness (QED) is 0.362. The van der Waals surface area contributed by atoms with Crippen molar-refractivity contribution in [3.63, 3.8) is 0 Å². The van der Waals surface area contributed by atoms with Crippen LogP contribution in [0, 0.1) is 0 Å². The fourth-order valence-corrected chi connectivity index (χ4v) is 4.26. The predicted molar refractivity (Wildman–Crippen MR) is 124 cm³/mol. The van der Waals surface area contributed by atoms with Gasteiger partial charge in [0.05, 0.1) is 11.3 Å². The number of benzene rings is 2. The molecule has 0 amide bonds. The maximum atomic E-state index is 12.9. The molecule has 176 valence electrons. The number of aromatic nitrogens is 3. The van der Waals surface area contributed by atoms with Crippen LogP contribution in [0.3, 0.4) is 0 Å². The zero-order valence-corrected chi connectivity index (χ0v) is 18.6. The first-order valence-electron chi connectivity index (χ1n) is 11.4. The Bertz CT molecular complexity index is 1240. The second kappa shape index (κ2) is 9.46. The van der Waals surface area contributed by atoms with Gasteiger partial charge in [-0.15, -0.1) is 0 Å². The van der Waals surface area contributed by atoms with Gasteiger partial charge in [-0.1, -0.05) is 30.3 Å². The lowest BCUT2D eigenvalue weighted by molar-refractivity contribution is -0.137. The highest BCUT2D eigenvalue weighted by molar-refractivity contribution is 5.63. The molecule has 1 saturated heterocycles. The molecule has 0 N–H and O–H groups in total. The number of rotatable bonds is 7. The molecule has 8 heteroatoms. The molecule has 0 unspecified atom stereocenters. The normalized spacial score (nSPS) is 14.7. The SMILES string of the molecule is FC(F)(F)c1ccc(-c2cccc3nc(Cc4ccc(OCCN5CCCC5)cc4)nn23)cc1. The van der Waals surface area contributed by atoms with Crippen molar-refractivity contribution in [1.82, 2.24) is 19.5 Å². The summed E-state index contributed by atoms with van der Waals surface area (Å²) in [4.78, 5) is 7.02. The molecule has 4 aromatic rings. The Morgan fingerprint density at radius 2 is 1.62 bits per heavy atom. The van der Waals surface area contributed by atoms with Crippen LogP contribution in [0.2, 0.25) is 0 Å². The third-order valence-corrected chi connectivity index (χ3v) is 6.07. The van der Waals surface area contributed by atoms with Crippen molar-refractivity contribution in [2.75, 3.05) is 26.2 Å². The van der Waals surface area contributed by atoms with E-state index in [9.17, 15) is 13.2 Å². The van der Waals surface area contributed by atoms with Crippen LogP contribution in [0.1, 0.15) is 29.8 Å².